The van der Waals surface area contributed by atoms with Gasteiger partial charge < -0.3 is 14.6 Å². The van der Waals surface area contributed by atoms with Gasteiger partial charge in [-0.3, -0.25) is 0 Å². The Bertz CT molecular complexity index is 642. The third-order valence-corrected chi connectivity index (χ3v) is 2.79. The van der Waals surface area contributed by atoms with Crippen molar-refractivity contribution in [3.8, 4) is 18.1 Å². The van der Waals surface area contributed by atoms with E-state index < -0.39 is 30.1 Å². The first-order chi connectivity index (χ1) is 9.82. The molecule has 2 rings (SSSR count). The minimum absolute atomic E-state index is 0.142. The van der Waals surface area contributed by atoms with Crippen LogP contribution < -0.4 is 4.74 Å². The number of ether oxygens (including phenoxy) is 2. The summed E-state index contributed by atoms with van der Waals surface area (Å²) < 4.78 is 49.7. The number of halogens is 3. The van der Waals surface area contributed by atoms with Crippen LogP contribution in [0.5, 0.6) is 5.75 Å². The van der Waals surface area contributed by atoms with E-state index in [4.69, 9.17) is 16.3 Å². The van der Waals surface area contributed by atoms with Crippen molar-refractivity contribution in [2.24, 2.45) is 0 Å². The van der Waals surface area contributed by atoms with Crippen LogP contribution in [0.1, 0.15) is 5.56 Å². The van der Waals surface area contributed by atoms with Crippen LogP contribution in [0.25, 0.3) is 6.08 Å². The van der Waals surface area contributed by atoms with Crippen molar-refractivity contribution in [3.63, 3.8) is 0 Å². The second kappa shape index (κ2) is 5.14. The molecule has 0 fully saturated rings. The van der Waals surface area contributed by atoms with Crippen LogP contribution in [-0.4, -0.2) is 29.6 Å². The lowest BCUT2D eigenvalue weighted by atomic mass is 9.98. The molecule has 0 radical (unpaired) electrons. The molecule has 1 heterocycles. The lowest BCUT2D eigenvalue weighted by Gasteiger charge is -2.38. The van der Waals surface area contributed by atoms with Gasteiger partial charge in [0.05, 0.1) is 0 Å². The van der Waals surface area contributed by atoms with E-state index in [-0.39, 0.29) is 11.3 Å². The van der Waals surface area contributed by atoms with Crippen LogP contribution in [0.4, 0.5) is 13.2 Å². The van der Waals surface area contributed by atoms with E-state index in [9.17, 15) is 18.0 Å². The summed E-state index contributed by atoms with van der Waals surface area (Å²) in [4.78, 5) is 11.2. The van der Waals surface area contributed by atoms with Crippen LogP contribution >= 0.6 is 0 Å². The Morgan fingerprint density at radius 3 is 2.67 bits per heavy atom. The van der Waals surface area contributed by atoms with Crippen LogP contribution in [0.2, 0.25) is 0 Å². The molecular weight excluding hydrogens is 289 g/mol. The van der Waals surface area contributed by atoms with Crippen LogP contribution in [0.15, 0.2) is 29.8 Å². The minimum atomic E-state index is -5.12. The van der Waals surface area contributed by atoms with Crippen molar-refractivity contribution in [1.29, 1.82) is 0 Å². The molecular formula is C14H9F3O4. The summed E-state index contributed by atoms with van der Waals surface area (Å²) in [7, 11) is 0. The molecule has 0 saturated heterocycles. The molecule has 21 heavy (non-hydrogen) atoms. The van der Waals surface area contributed by atoms with Crippen molar-refractivity contribution >= 4 is 12.0 Å². The SMILES string of the molecule is C#CCO[C@]1(C(F)(F)F)Oc2ccccc2C=C1C(=O)O. The van der Waals surface area contributed by atoms with E-state index in [0.29, 0.717) is 0 Å². The largest absolute Gasteiger partial charge is 0.478 e. The van der Waals surface area contributed by atoms with Crippen molar-refractivity contribution in [3.05, 3.63) is 35.4 Å². The first kappa shape index (κ1) is 14.9. The molecule has 0 unspecified atom stereocenters. The summed E-state index contributed by atoms with van der Waals surface area (Å²) in [5.41, 5.74) is -0.872. The van der Waals surface area contributed by atoms with Crippen molar-refractivity contribution in [2.45, 2.75) is 12.0 Å². The fourth-order valence-corrected chi connectivity index (χ4v) is 1.90. The molecule has 0 amide bonds. The first-order valence-electron chi connectivity index (χ1n) is 5.69. The Labute approximate surface area is 117 Å². The number of terminal acetylenes is 1. The van der Waals surface area contributed by atoms with E-state index in [1.54, 1.807) is 6.07 Å². The minimum Gasteiger partial charge on any atom is -0.478 e. The fourth-order valence-electron chi connectivity index (χ4n) is 1.90. The second-order valence-electron chi connectivity index (χ2n) is 4.11. The van der Waals surface area contributed by atoms with Gasteiger partial charge in [-0.25, -0.2) is 4.79 Å². The zero-order chi connectivity index (χ0) is 15.7. The second-order valence-corrected chi connectivity index (χ2v) is 4.11. The maximum Gasteiger partial charge on any atom is 0.460 e. The fraction of sp³-hybridized carbons (Fsp3) is 0.214. The van der Waals surface area contributed by atoms with E-state index in [0.717, 1.165) is 6.08 Å². The summed E-state index contributed by atoms with van der Waals surface area (Å²) in [6.07, 6.45) is 0.642. The third kappa shape index (κ3) is 2.45. The van der Waals surface area contributed by atoms with Gasteiger partial charge in [-0.05, 0) is 12.1 Å². The van der Waals surface area contributed by atoms with Gasteiger partial charge in [0.2, 0.25) is 0 Å². The predicted octanol–water partition coefficient (Wildman–Crippen LogP) is 2.46. The summed E-state index contributed by atoms with van der Waals surface area (Å²) in [6.45, 7) is -0.758. The predicted molar refractivity (Wildman–Crippen MR) is 66.3 cm³/mol. The highest BCUT2D eigenvalue weighted by molar-refractivity contribution is 5.95. The zero-order valence-corrected chi connectivity index (χ0v) is 10.5. The van der Waals surface area contributed by atoms with E-state index >= 15 is 0 Å². The maximum atomic E-state index is 13.4. The summed E-state index contributed by atoms with van der Waals surface area (Å²) in [6, 6.07) is 5.71. The lowest BCUT2D eigenvalue weighted by molar-refractivity contribution is -0.330. The van der Waals surface area contributed by atoms with Crippen LogP contribution in [0.3, 0.4) is 0 Å². The number of benzene rings is 1. The van der Waals surface area contributed by atoms with Gasteiger partial charge in [0.25, 0.3) is 0 Å². The molecule has 1 atom stereocenters. The van der Waals surface area contributed by atoms with Crippen LogP contribution in [0, 0.1) is 12.3 Å². The van der Waals surface area contributed by atoms with Gasteiger partial charge in [0, 0.05) is 5.56 Å². The average molecular weight is 298 g/mol. The molecule has 4 nitrogen and oxygen atoms in total. The number of rotatable bonds is 3. The molecule has 110 valence electrons. The molecule has 0 spiro atoms. The molecule has 0 saturated carbocycles. The average Bonchev–Trinajstić information content (AvgIpc) is 2.42. The number of hydrogen-bond acceptors (Lipinski definition) is 3. The van der Waals surface area contributed by atoms with Crippen LogP contribution in [-0.2, 0) is 9.53 Å². The Kier molecular flexibility index (Phi) is 3.66. The van der Waals surface area contributed by atoms with Gasteiger partial charge >= 0.3 is 17.9 Å². The van der Waals surface area contributed by atoms with E-state index in [2.05, 4.69) is 4.74 Å². The summed E-state index contributed by atoms with van der Waals surface area (Å²) in [5.74, 6) is -3.51. The number of fused-ring (bicyclic) bond motifs is 1. The Morgan fingerprint density at radius 2 is 2.10 bits per heavy atom. The quantitative estimate of drug-likeness (QED) is 0.871. The molecule has 1 aliphatic heterocycles. The summed E-state index contributed by atoms with van der Waals surface area (Å²) >= 11 is 0. The first-order valence-corrected chi connectivity index (χ1v) is 5.69. The Morgan fingerprint density at radius 1 is 1.43 bits per heavy atom. The Balaban J connectivity index is 2.64. The molecule has 0 bridgehead atoms. The topological polar surface area (TPSA) is 55.8 Å². The van der Waals surface area contributed by atoms with Crippen molar-refractivity contribution in [1.82, 2.24) is 0 Å². The molecule has 1 aliphatic rings. The smallest absolute Gasteiger partial charge is 0.460 e. The zero-order valence-electron chi connectivity index (χ0n) is 10.5. The molecule has 0 aromatic heterocycles. The van der Waals surface area contributed by atoms with Crippen molar-refractivity contribution < 1.29 is 32.5 Å². The molecule has 1 aromatic carbocycles. The highest BCUT2D eigenvalue weighted by Crippen LogP contribution is 2.46. The van der Waals surface area contributed by atoms with Gasteiger partial charge in [-0.2, -0.15) is 13.2 Å². The standard InChI is InChI=1S/C14H9F3O4/c1-2-7-20-13(14(15,16)17)10(12(18)19)8-9-5-3-4-6-11(9)21-13/h1,3-6,8H,7H2,(H,18,19)/t13-/m0/s1. The molecule has 7 heteroatoms. The number of carbonyl (C=O) groups is 1. The van der Waals surface area contributed by atoms with Gasteiger partial charge in [-0.15, -0.1) is 6.42 Å². The normalized spacial score (nSPS) is 20.8. The number of hydrogen-bond donors (Lipinski definition) is 1. The third-order valence-electron chi connectivity index (χ3n) is 2.79. The van der Waals surface area contributed by atoms with Crippen molar-refractivity contribution in [2.75, 3.05) is 6.61 Å². The molecule has 1 aromatic rings. The monoisotopic (exact) mass is 298 g/mol. The van der Waals surface area contributed by atoms with Gasteiger partial charge in [-0.1, -0.05) is 24.1 Å². The number of carboxylic acids is 1. The number of para-hydroxylation sites is 1. The highest BCUT2D eigenvalue weighted by atomic mass is 19.4. The number of alkyl halides is 3. The van der Waals surface area contributed by atoms with E-state index in [1.165, 1.54) is 18.2 Å². The van der Waals surface area contributed by atoms with Gasteiger partial charge in [0.1, 0.15) is 17.9 Å². The maximum absolute atomic E-state index is 13.4. The van der Waals surface area contributed by atoms with Gasteiger partial charge in [0.15, 0.2) is 0 Å². The Hall–Kier alpha value is -2.46. The number of carboxylic acid groups (broad SMARTS) is 1. The van der Waals surface area contributed by atoms with E-state index in [1.807, 2.05) is 5.92 Å². The molecule has 0 aliphatic carbocycles. The number of aliphatic carboxylic acids is 1. The highest BCUT2D eigenvalue weighted by Gasteiger charge is 2.65. The summed E-state index contributed by atoms with van der Waals surface area (Å²) in [5, 5.41) is 9.08. The lowest BCUT2D eigenvalue weighted by Crippen LogP contribution is -2.57. The molecule has 1 N–H and O–H groups in total.